The summed E-state index contributed by atoms with van der Waals surface area (Å²) in [6.07, 6.45) is 1.00. The van der Waals surface area contributed by atoms with Crippen LogP contribution in [0.3, 0.4) is 0 Å². The first kappa shape index (κ1) is 18.5. The Hall–Kier alpha value is -0.880. The van der Waals surface area contributed by atoms with Crippen molar-refractivity contribution in [2.24, 2.45) is 5.73 Å². The number of nitrogens with two attached hydrogens (primary N) is 1. The summed E-state index contributed by atoms with van der Waals surface area (Å²) in [4.78, 5) is 15.5. The SMILES string of the molecule is COC(CN)C(=O)Nc1cc(C)ccn1.Cl.Cl. The number of carbonyl (C=O) groups excluding carboxylic acids is 1. The second-order valence-electron chi connectivity index (χ2n) is 3.17. The topological polar surface area (TPSA) is 77.2 Å². The fourth-order valence-electron chi connectivity index (χ4n) is 1.12. The van der Waals surface area contributed by atoms with E-state index in [9.17, 15) is 4.79 Å². The summed E-state index contributed by atoms with van der Waals surface area (Å²) in [6.45, 7) is 2.07. The number of anilines is 1. The average Bonchev–Trinajstić information content (AvgIpc) is 2.19. The first-order chi connectivity index (χ1) is 7.17. The highest BCUT2D eigenvalue weighted by molar-refractivity contribution is 5.93. The highest BCUT2D eigenvalue weighted by Gasteiger charge is 2.15. The van der Waals surface area contributed by atoms with Gasteiger partial charge < -0.3 is 15.8 Å². The van der Waals surface area contributed by atoms with Crippen LogP contribution in [0.15, 0.2) is 18.3 Å². The lowest BCUT2D eigenvalue weighted by Crippen LogP contribution is -2.36. The van der Waals surface area contributed by atoms with Crippen molar-refractivity contribution in [3.63, 3.8) is 0 Å². The number of aryl methyl sites for hydroxylation is 1. The van der Waals surface area contributed by atoms with Crippen molar-refractivity contribution in [1.82, 2.24) is 4.98 Å². The van der Waals surface area contributed by atoms with E-state index in [4.69, 9.17) is 10.5 Å². The van der Waals surface area contributed by atoms with Gasteiger partial charge in [0.2, 0.25) is 0 Å². The molecule has 0 aliphatic carbocycles. The van der Waals surface area contributed by atoms with Crippen molar-refractivity contribution >= 4 is 36.5 Å². The standard InChI is InChI=1S/C10H15N3O2.2ClH/c1-7-3-4-12-9(5-7)13-10(14)8(6-11)15-2;;/h3-5,8H,6,11H2,1-2H3,(H,12,13,14);2*1H. The highest BCUT2D eigenvalue weighted by Crippen LogP contribution is 2.05. The van der Waals surface area contributed by atoms with E-state index in [-0.39, 0.29) is 37.3 Å². The van der Waals surface area contributed by atoms with Crippen molar-refractivity contribution in [1.29, 1.82) is 0 Å². The van der Waals surface area contributed by atoms with Crippen molar-refractivity contribution in [3.05, 3.63) is 23.9 Å². The number of amides is 1. The van der Waals surface area contributed by atoms with E-state index in [2.05, 4.69) is 10.3 Å². The minimum atomic E-state index is -0.632. The maximum absolute atomic E-state index is 11.5. The predicted octanol–water partition coefficient (Wildman–Crippen LogP) is 1.15. The number of nitrogens with one attached hydrogen (secondary N) is 1. The Morgan fingerprint density at radius 2 is 2.24 bits per heavy atom. The molecule has 3 N–H and O–H groups in total. The zero-order chi connectivity index (χ0) is 11.3. The molecule has 0 fully saturated rings. The van der Waals surface area contributed by atoms with Gasteiger partial charge in [-0.25, -0.2) is 4.98 Å². The summed E-state index contributed by atoms with van der Waals surface area (Å²) in [5, 5.41) is 2.63. The summed E-state index contributed by atoms with van der Waals surface area (Å²) < 4.78 is 4.90. The van der Waals surface area contributed by atoms with Gasteiger partial charge in [-0.2, -0.15) is 0 Å². The number of rotatable bonds is 4. The molecule has 0 saturated heterocycles. The third-order valence-corrected chi connectivity index (χ3v) is 1.96. The summed E-state index contributed by atoms with van der Waals surface area (Å²) in [5.74, 6) is 0.230. The third kappa shape index (κ3) is 5.83. The van der Waals surface area contributed by atoms with E-state index in [0.717, 1.165) is 5.56 Å². The Balaban J connectivity index is 0. The number of hydrogen-bond donors (Lipinski definition) is 2. The molecule has 7 heteroatoms. The van der Waals surface area contributed by atoms with Crippen molar-refractivity contribution in [2.45, 2.75) is 13.0 Å². The number of hydrogen-bond acceptors (Lipinski definition) is 4. The summed E-state index contributed by atoms with van der Waals surface area (Å²) in [6, 6.07) is 3.63. The normalized spacial score (nSPS) is 10.8. The molecule has 17 heavy (non-hydrogen) atoms. The van der Waals surface area contributed by atoms with Crippen LogP contribution < -0.4 is 11.1 Å². The lowest BCUT2D eigenvalue weighted by molar-refractivity contribution is -0.125. The quantitative estimate of drug-likeness (QED) is 0.868. The van der Waals surface area contributed by atoms with E-state index in [1.54, 1.807) is 12.3 Å². The molecule has 0 bridgehead atoms. The Morgan fingerprint density at radius 1 is 1.59 bits per heavy atom. The van der Waals surface area contributed by atoms with Crippen LogP contribution in [-0.2, 0) is 9.53 Å². The molecular formula is C10H17Cl2N3O2. The van der Waals surface area contributed by atoms with E-state index in [0.29, 0.717) is 5.82 Å². The Bertz CT molecular complexity index is 346. The first-order valence-corrected chi connectivity index (χ1v) is 4.63. The summed E-state index contributed by atoms with van der Waals surface area (Å²) >= 11 is 0. The minimum Gasteiger partial charge on any atom is -0.370 e. The van der Waals surface area contributed by atoms with Crippen LogP contribution in [0, 0.1) is 6.92 Å². The van der Waals surface area contributed by atoms with Crippen LogP contribution in [0.5, 0.6) is 0 Å². The minimum absolute atomic E-state index is 0. The second kappa shape index (κ2) is 9.18. The van der Waals surface area contributed by atoms with Gasteiger partial charge in [0.1, 0.15) is 11.9 Å². The van der Waals surface area contributed by atoms with Gasteiger partial charge in [-0.1, -0.05) is 0 Å². The fraction of sp³-hybridized carbons (Fsp3) is 0.400. The second-order valence-corrected chi connectivity index (χ2v) is 3.17. The van der Waals surface area contributed by atoms with Crippen molar-refractivity contribution in [2.75, 3.05) is 19.0 Å². The van der Waals surface area contributed by atoms with E-state index < -0.39 is 6.10 Å². The lowest BCUT2D eigenvalue weighted by Gasteiger charge is -2.12. The average molecular weight is 282 g/mol. The number of carbonyl (C=O) groups is 1. The Morgan fingerprint density at radius 3 is 2.71 bits per heavy atom. The molecule has 98 valence electrons. The Labute approximate surface area is 113 Å². The maximum Gasteiger partial charge on any atom is 0.255 e. The van der Waals surface area contributed by atoms with Crippen LogP contribution >= 0.6 is 24.8 Å². The number of nitrogens with zero attached hydrogens (tertiary/aromatic N) is 1. The van der Waals surface area contributed by atoms with Crippen LogP contribution in [0.25, 0.3) is 0 Å². The molecule has 0 aliphatic heterocycles. The van der Waals surface area contributed by atoms with Gasteiger partial charge >= 0.3 is 0 Å². The van der Waals surface area contributed by atoms with Crippen LogP contribution in [-0.4, -0.2) is 30.6 Å². The fourth-order valence-corrected chi connectivity index (χ4v) is 1.12. The number of aromatic nitrogens is 1. The maximum atomic E-state index is 11.5. The van der Waals surface area contributed by atoms with Gasteiger partial charge in [0.15, 0.2) is 0 Å². The van der Waals surface area contributed by atoms with E-state index in [1.807, 2.05) is 13.0 Å². The number of pyridine rings is 1. The van der Waals surface area contributed by atoms with Gasteiger partial charge in [0.05, 0.1) is 0 Å². The molecule has 5 nitrogen and oxygen atoms in total. The van der Waals surface area contributed by atoms with Gasteiger partial charge in [-0.3, -0.25) is 4.79 Å². The predicted molar refractivity (Wildman–Crippen MR) is 72.0 cm³/mol. The van der Waals surface area contributed by atoms with Gasteiger partial charge in [0, 0.05) is 19.9 Å². The van der Waals surface area contributed by atoms with Crippen LogP contribution in [0.4, 0.5) is 5.82 Å². The molecule has 1 heterocycles. The molecule has 1 unspecified atom stereocenters. The largest absolute Gasteiger partial charge is 0.370 e. The molecular weight excluding hydrogens is 265 g/mol. The molecule has 0 saturated carbocycles. The number of ether oxygens (including phenoxy) is 1. The summed E-state index contributed by atoms with van der Waals surface area (Å²) in [7, 11) is 1.45. The molecule has 1 aromatic heterocycles. The van der Waals surface area contributed by atoms with Gasteiger partial charge in [-0.05, 0) is 24.6 Å². The Kier molecular flexibility index (Phi) is 9.98. The van der Waals surface area contributed by atoms with Crippen LogP contribution in [0.1, 0.15) is 5.56 Å². The van der Waals surface area contributed by atoms with Crippen molar-refractivity contribution in [3.8, 4) is 0 Å². The molecule has 0 aromatic carbocycles. The first-order valence-electron chi connectivity index (χ1n) is 4.63. The van der Waals surface area contributed by atoms with Gasteiger partial charge in [-0.15, -0.1) is 24.8 Å². The molecule has 0 spiro atoms. The van der Waals surface area contributed by atoms with E-state index in [1.165, 1.54) is 7.11 Å². The van der Waals surface area contributed by atoms with Gasteiger partial charge in [0.25, 0.3) is 5.91 Å². The zero-order valence-corrected chi connectivity index (χ0v) is 11.3. The summed E-state index contributed by atoms with van der Waals surface area (Å²) in [5.41, 5.74) is 6.39. The highest BCUT2D eigenvalue weighted by atomic mass is 35.5. The molecule has 1 atom stereocenters. The monoisotopic (exact) mass is 281 g/mol. The number of methoxy groups -OCH3 is 1. The lowest BCUT2D eigenvalue weighted by atomic mass is 10.3. The molecule has 0 radical (unpaired) electrons. The smallest absolute Gasteiger partial charge is 0.255 e. The van der Waals surface area contributed by atoms with Crippen molar-refractivity contribution < 1.29 is 9.53 Å². The molecule has 1 aromatic rings. The zero-order valence-electron chi connectivity index (χ0n) is 9.67. The molecule has 0 aliphatic rings. The van der Waals surface area contributed by atoms with Crippen LogP contribution in [0.2, 0.25) is 0 Å². The molecule has 1 rings (SSSR count). The van der Waals surface area contributed by atoms with E-state index >= 15 is 0 Å². The number of halogens is 2. The third-order valence-electron chi connectivity index (χ3n) is 1.96. The molecule has 1 amide bonds.